The highest BCUT2D eigenvalue weighted by molar-refractivity contribution is 5.35. The number of para-hydroxylation sites is 1. The first-order valence-electron chi connectivity index (χ1n) is 7.73. The number of methoxy groups -OCH3 is 1. The van der Waals surface area contributed by atoms with Crippen LogP contribution in [0.3, 0.4) is 0 Å². The number of rotatable bonds is 6. The van der Waals surface area contributed by atoms with E-state index >= 15 is 0 Å². The molecule has 3 rings (SSSR count). The zero-order chi connectivity index (χ0) is 14.7. The molecule has 0 saturated heterocycles. The van der Waals surface area contributed by atoms with Crippen LogP contribution >= 0.6 is 0 Å². The average Bonchev–Trinajstić information content (AvgIpc) is 3.38. The Morgan fingerprint density at radius 3 is 2.71 bits per heavy atom. The van der Waals surface area contributed by atoms with E-state index in [1.54, 1.807) is 7.11 Å². The minimum atomic E-state index is 0.269. The second-order valence-electron chi connectivity index (χ2n) is 5.86. The second kappa shape index (κ2) is 6.31. The molecule has 2 heteroatoms. The summed E-state index contributed by atoms with van der Waals surface area (Å²) >= 11 is 0. The molecule has 2 aromatic rings. The third-order valence-electron chi connectivity index (χ3n) is 4.22. The van der Waals surface area contributed by atoms with Gasteiger partial charge in [0.2, 0.25) is 0 Å². The largest absolute Gasteiger partial charge is 0.496 e. The van der Waals surface area contributed by atoms with Crippen LogP contribution < -0.4 is 10.1 Å². The predicted octanol–water partition coefficient (Wildman–Crippen LogP) is 4.42. The standard InChI is InChI=1S/C19H23NO/c1-14(18-8-3-4-9-19(18)21-2)20-13-15-6-5-7-17(12-15)16-10-11-16/h3-9,12,14,16,20H,10-11,13H2,1-2H3/t14-/m1/s1. The minimum Gasteiger partial charge on any atom is -0.496 e. The fourth-order valence-electron chi connectivity index (χ4n) is 2.78. The van der Waals surface area contributed by atoms with Crippen molar-refractivity contribution in [1.29, 1.82) is 0 Å². The Balaban J connectivity index is 1.65. The number of hydrogen-bond acceptors (Lipinski definition) is 2. The Morgan fingerprint density at radius 2 is 1.95 bits per heavy atom. The fraction of sp³-hybridized carbons (Fsp3) is 0.368. The van der Waals surface area contributed by atoms with Gasteiger partial charge in [0, 0.05) is 18.2 Å². The lowest BCUT2D eigenvalue weighted by atomic mass is 10.0. The smallest absolute Gasteiger partial charge is 0.123 e. The summed E-state index contributed by atoms with van der Waals surface area (Å²) in [7, 11) is 1.73. The van der Waals surface area contributed by atoms with Gasteiger partial charge in [-0.15, -0.1) is 0 Å². The summed E-state index contributed by atoms with van der Waals surface area (Å²) in [6.45, 7) is 3.07. The summed E-state index contributed by atoms with van der Waals surface area (Å²) in [6.07, 6.45) is 2.71. The van der Waals surface area contributed by atoms with Crippen LogP contribution in [-0.4, -0.2) is 7.11 Å². The maximum Gasteiger partial charge on any atom is 0.123 e. The fourth-order valence-corrected chi connectivity index (χ4v) is 2.78. The van der Waals surface area contributed by atoms with Crippen LogP contribution in [-0.2, 0) is 6.54 Å². The minimum absolute atomic E-state index is 0.269. The van der Waals surface area contributed by atoms with Crippen LogP contribution in [0.15, 0.2) is 48.5 Å². The molecule has 0 heterocycles. The first-order valence-corrected chi connectivity index (χ1v) is 7.73. The van der Waals surface area contributed by atoms with Gasteiger partial charge in [-0.1, -0.05) is 42.5 Å². The van der Waals surface area contributed by atoms with E-state index in [0.717, 1.165) is 18.2 Å². The van der Waals surface area contributed by atoms with Gasteiger partial charge in [-0.05, 0) is 42.9 Å². The first kappa shape index (κ1) is 14.2. The van der Waals surface area contributed by atoms with E-state index in [-0.39, 0.29) is 6.04 Å². The summed E-state index contributed by atoms with van der Waals surface area (Å²) in [4.78, 5) is 0. The molecule has 1 atom stereocenters. The summed E-state index contributed by atoms with van der Waals surface area (Å²) < 4.78 is 5.44. The van der Waals surface area contributed by atoms with Crippen molar-refractivity contribution in [2.24, 2.45) is 0 Å². The van der Waals surface area contributed by atoms with E-state index < -0.39 is 0 Å². The highest BCUT2D eigenvalue weighted by Crippen LogP contribution is 2.40. The van der Waals surface area contributed by atoms with Crippen LogP contribution in [0.2, 0.25) is 0 Å². The van der Waals surface area contributed by atoms with Crippen molar-refractivity contribution in [2.75, 3.05) is 7.11 Å². The van der Waals surface area contributed by atoms with Gasteiger partial charge < -0.3 is 10.1 Å². The second-order valence-corrected chi connectivity index (χ2v) is 5.86. The van der Waals surface area contributed by atoms with Gasteiger partial charge in [0.1, 0.15) is 5.75 Å². The van der Waals surface area contributed by atoms with E-state index in [2.05, 4.69) is 48.6 Å². The molecule has 0 radical (unpaired) electrons. The van der Waals surface area contributed by atoms with Crippen molar-refractivity contribution in [3.05, 3.63) is 65.2 Å². The molecular weight excluding hydrogens is 258 g/mol. The lowest BCUT2D eigenvalue weighted by Crippen LogP contribution is -2.18. The van der Waals surface area contributed by atoms with Crippen molar-refractivity contribution in [3.63, 3.8) is 0 Å². The van der Waals surface area contributed by atoms with Crippen molar-refractivity contribution in [2.45, 2.75) is 38.3 Å². The zero-order valence-corrected chi connectivity index (χ0v) is 12.8. The lowest BCUT2D eigenvalue weighted by molar-refractivity contribution is 0.401. The van der Waals surface area contributed by atoms with E-state index in [1.807, 2.05) is 12.1 Å². The van der Waals surface area contributed by atoms with E-state index in [4.69, 9.17) is 4.74 Å². The molecule has 21 heavy (non-hydrogen) atoms. The van der Waals surface area contributed by atoms with Crippen molar-refractivity contribution >= 4 is 0 Å². The number of hydrogen-bond donors (Lipinski definition) is 1. The molecule has 0 amide bonds. The molecule has 2 nitrogen and oxygen atoms in total. The van der Waals surface area contributed by atoms with Crippen LogP contribution in [0.25, 0.3) is 0 Å². The van der Waals surface area contributed by atoms with Gasteiger partial charge in [0.05, 0.1) is 7.11 Å². The molecule has 1 N–H and O–H groups in total. The maximum atomic E-state index is 5.44. The molecule has 0 aliphatic heterocycles. The Kier molecular flexibility index (Phi) is 4.26. The number of nitrogens with one attached hydrogen (secondary N) is 1. The first-order chi connectivity index (χ1) is 10.3. The maximum absolute atomic E-state index is 5.44. The molecule has 0 aromatic heterocycles. The molecule has 110 valence electrons. The lowest BCUT2D eigenvalue weighted by Gasteiger charge is -2.17. The Morgan fingerprint density at radius 1 is 1.14 bits per heavy atom. The molecule has 0 spiro atoms. The van der Waals surface area contributed by atoms with E-state index in [9.17, 15) is 0 Å². The number of benzene rings is 2. The quantitative estimate of drug-likeness (QED) is 0.846. The van der Waals surface area contributed by atoms with Crippen LogP contribution in [0.5, 0.6) is 5.75 Å². The van der Waals surface area contributed by atoms with Gasteiger partial charge in [0.25, 0.3) is 0 Å². The van der Waals surface area contributed by atoms with Crippen molar-refractivity contribution < 1.29 is 4.74 Å². The molecule has 1 aliphatic carbocycles. The Hall–Kier alpha value is -1.80. The van der Waals surface area contributed by atoms with Crippen LogP contribution in [0.4, 0.5) is 0 Å². The Labute approximate surface area is 127 Å². The average molecular weight is 281 g/mol. The molecule has 1 fully saturated rings. The molecule has 1 saturated carbocycles. The third-order valence-corrected chi connectivity index (χ3v) is 4.22. The van der Waals surface area contributed by atoms with Gasteiger partial charge in [-0.3, -0.25) is 0 Å². The highest BCUT2D eigenvalue weighted by atomic mass is 16.5. The highest BCUT2D eigenvalue weighted by Gasteiger charge is 2.23. The molecule has 0 bridgehead atoms. The molecule has 0 unspecified atom stereocenters. The van der Waals surface area contributed by atoms with Gasteiger partial charge >= 0.3 is 0 Å². The van der Waals surface area contributed by atoms with Crippen LogP contribution in [0, 0.1) is 0 Å². The van der Waals surface area contributed by atoms with E-state index in [1.165, 1.54) is 29.5 Å². The summed E-state index contributed by atoms with van der Waals surface area (Å²) in [5.74, 6) is 1.76. The SMILES string of the molecule is COc1ccccc1[C@@H](C)NCc1cccc(C2CC2)c1. The summed E-state index contributed by atoms with van der Waals surface area (Å²) in [6, 6.07) is 17.5. The van der Waals surface area contributed by atoms with Crippen LogP contribution in [0.1, 0.15) is 48.4 Å². The molecule has 2 aromatic carbocycles. The van der Waals surface area contributed by atoms with Gasteiger partial charge in [0.15, 0.2) is 0 Å². The summed E-state index contributed by atoms with van der Waals surface area (Å²) in [5.41, 5.74) is 4.07. The molecule has 1 aliphatic rings. The number of ether oxygens (including phenoxy) is 1. The van der Waals surface area contributed by atoms with Gasteiger partial charge in [-0.25, -0.2) is 0 Å². The molecular formula is C19H23NO. The van der Waals surface area contributed by atoms with Crippen molar-refractivity contribution in [1.82, 2.24) is 5.32 Å². The normalized spacial score (nSPS) is 15.7. The van der Waals surface area contributed by atoms with Gasteiger partial charge in [-0.2, -0.15) is 0 Å². The Bertz CT molecular complexity index is 604. The topological polar surface area (TPSA) is 21.3 Å². The third kappa shape index (κ3) is 3.45. The van der Waals surface area contributed by atoms with Crippen molar-refractivity contribution in [3.8, 4) is 5.75 Å². The zero-order valence-electron chi connectivity index (χ0n) is 12.8. The van der Waals surface area contributed by atoms with E-state index in [0.29, 0.717) is 0 Å². The monoisotopic (exact) mass is 281 g/mol. The predicted molar refractivity (Wildman–Crippen MR) is 86.7 cm³/mol. The summed E-state index contributed by atoms with van der Waals surface area (Å²) in [5, 5.41) is 3.60.